The van der Waals surface area contributed by atoms with E-state index in [2.05, 4.69) is 4.99 Å². The van der Waals surface area contributed by atoms with Crippen molar-refractivity contribution in [1.82, 2.24) is 4.57 Å². The number of rotatable bonds is 3. The van der Waals surface area contributed by atoms with Crippen molar-refractivity contribution in [3.8, 4) is 17.2 Å². The number of thiazole rings is 1. The molecule has 2 aliphatic rings. The molecular formula is C23H20N2O6S. The number of nitrogens with zero attached hydrogens (tertiary/aromatic N) is 2. The predicted octanol–water partition coefficient (Wildman–Crippen LogP) is 1.57. The molecule has 164 valence electrons. The zero-order valence-corrected chi connectivity index (χ0v) is 18.4. The molecule has 0 saturated heterocycles. The quantitative estimate of drug-likeness (QED) is 0.606. The number of phenolic OH excluding ortho intramolecular Hbond substituents is 1. The first-order chi connectivity index (χ1) is 15.4. The van der Waals surface area contributed by atoms with Crippen LogP contribution < -0.4 is 24.4 Å². The predicted molar refractivity (Wildman–Crippen MR) is 117 cm³/mol. The fourth-order valence-corrected chi connectivity index (χ4v) is 5.48. The van der Waals surface area contributed by atoms with Gasteiger partial charge in [0.05, 0.1) is 24.8 Å². The second-order valence-electron chi connectivity index (χ2n) is 7.72. The number of ether oxygens (including phenoxy) is 3. The molecule has 2 bridgehead atoms. The first-order valence-electron chi connectivity index (χ1n) is 9.92. The largest absolute Gasteiger partial charge is 0.504 e. The van der Waals surface area contributed by atoms with Gasteiger partial charge >= 0.3 is 5.97 Å². The lowest BCUT2D eigenvalue weighted by Crippen LogP contribution is -2.58. The van der Waals surface area contributed by atoms with Crippen molar-refractivity contribution in [3.05, 3.63) is 73.3 Å². The van der Waals surface area contributed by atoms with Crippen LogP contribution in [-0.4, -0.2) is 35.6 Å². The average molecular weight is 452 g/mol. The number of aromatic hydroxyl groups is 1. The Kier molecular flexibility index (Phi) is 4.59. The first-order valence-corrected chi connectivity index (χ1v) is 10.7. The maximum absolute atomic E-state index is 13.5. The Labute approximate surface area is 186 Å². The zero-order chi connectivity index (χ0) is 22.6. The molecule has 3 heterocycles. The van der Waals surface area contributed by atoms with Gasteiger partial charge in [0.15, 0.2) is 16.3 Å². The van der Waals surface area contributed by atoms with Gasteiger partial charge in [0.1, 0.15) is 11.7 Å². The summed E-state index contributed by atoms with van der Waals surface area (Å²) in [7, 11) is 2.77. The number of para-hydroxylation sites is 2. The molecule has 0 aliphatic carbocycles. The molecule has 3 aromatic rings. The molecule has 0 unspecified atom stereocenters. The number of phenols is 1. The molecule has 5 rings (SSSR count). The highest BCUT2D eigenvalue weighted by Crippen LogP contribution is 2.47. The number of carbonyl (C=O) groups is 1. The number of benzene rings is 2. The summed E-state index contributed by atoms with van der Waals surface area (Å²) in [6.07, 6.45) is 1.60. The van der Waals surface area contributed by atoms with Crippen molar-refractivity contribution in [2.24, 2.45) is 10.9 Å². The van der Waals surface area contributed by atoms with Gasteiger partial charge in [-0.2, -0.15) is 0 Å². The monoisotopic (exact) mass is 452 g/mol. The molecule has 2 aliphatic heterocycles. The molecule has 0 fully saturated rings. The summed E-state index contributed by atoms with van der Waals surface area (Å²) in [4.78, 5) is 31.4. The number of aromatic nitrogens is 1. The van der Waals surface area contributed by atoms with E-state index in [9.17, 15) is 14.7 Å². The molecule has 0 amide bonds. The maximum Gasteiger partial charge on any atom is 0.317 e. The van der Waals surface area contributed by atoms with Crippen LogP contribution in [0.3, 0.4) is 0 Å². The molecule has 9 heteroatoms. The molecule has 8 nitrogen and oxygen atoms in total. The molecule has 0 saturated carbocycles. The average Bonchev–Trinajstić information content (AvgIpc) is 3.07. The van der Waals surface area contributed by atoms with Gasteiger partial charge < -0.3 is 19.3 Å². The summed E-state index contributed by atoms with van der Waals surface area (Å²) < 4.78 is 18.3. The van der Waals surface area contributed by atoms with E-state index >= 15 is 0 Å². The van der Waals surface area contributed by atoms with Gasteiger partial charge in [0.2, 0.25) is 5.72 Å². The Morgan fingerprint density at radius 3 is 2.78 bits per heavy atom. The fourth-order valence-electron chi connectivity index (χ4n) is 4.39. The smallest absolute Gasteiger partial charge is 0.317 e. The first kappa shape index (κ1) is 20.3. The van der Waals surface area contributed by atoms with E-state index in [4.69, 9.17) is 14.2 Å². The van der Waals surface area contributed by atoms with Crippen molar-refractivity contribution in [2.75, 3.05) is 14.2 Å². The SMILES string of the molecule is COC(=O)[C@@H]1[C@@H]2c3ccccc3O[C@]1(C)N=c1s/c(=C/c3cccc(OC)c3O)c(=O)n12. The number of hydrogen-bond acceptors (Lipinski definition) is 8. The Morgan fingerprint density at radius 2 is 2.03 bits per heavy atom. The third-order valence-corrected chi connectivity index (χ3v) is 6.85. The van der Waals surface area contributed by atoms with Gasteiger partial charge in [-0.15, -0.1) is 0 Å². The number of esters is 1. The van der Waals surface area contributed by atoms with Gasteiger partial charge in [0, 0.05) is 11.1 Å². The number of carbonyl (C=O) groups excluding carboxylic acids is 1. The minimum Gasteiger partial charge on any atom is -0.504 e. The summed E-state index contributed by atoms with van der Waals surface area (Å²) in [5, 5.41) is 10.4. The summed E-state index contributed by atoms with van der Waals surface area (Å²) in [5.74, 6) is -0.518. The number of methoxy groups -OCH3 is 2. The van der Waals surface area contributed by atoms with Crippen molar-refractivity contribution in [1.29, 1.82) is 0 Å². The molecule has 1 N–H and O–H groups in total. The standard InChI is InChI=1S/C23H20N2O6S/c1-23-17(21(28)30-3)18(13-8-4-5-9-14(13)31-23)25-20(27)16(32-22(25)24-23)11-12-7-6-10-15(29-2)19(12)26/h4-11,17-18,26H,1-3H3/b16-11+/t17-,18-,23-/m0/s1. The lowest BCUT2D eigenvalue weighted by Gasteiger charge is -2.44. The van der Waals surface area contributed by atoms with E-state index in [-0.39, 0.29) is 11.3 Å². The van der Waals surface area contributed by atoms with Gasteiger partial charge in [-0.05, 0) is 25.1 Å². The van der Waals surface area contributed by atoms with Gasteiger partial charge in [-0.25, -0.2) is 4.99 Å². The molecule has 0 spiro atoms. The molecule has 3 atom stereocenters. The van der Waals surface area contributed by atoms with Crippen LogP contribution in [0.5, 0.6) is 17.2 Å². The van der Waals surface area contributed by atoms with Gasteiger partial charge in [-0.1, -0.05) is 41.7 Å². The Bertz CT molecular complexity index is 1420. The molecule has 32 heavy (non-hydrogen) atoms. The van der Waals surface area contributed by atoms with Crippen LogP contribution in [0.2, 0.25) is 0 Å². The van der Waals surface area contributed by atoms with Gasteiger partial charge in [-0.3, -0.25) is 14.2 Å². The third kappa shape index (κ3) is 2.85. The highest BCUT2D eigenvalue weighted by Gasteiger charge is 2.55. The Hall–Kier alpha value is -3.59. The molecular weight excluding hydrogens is 432 g/mol. The second-order valence-corrected chi connectivity index (χ2v) is 8.73. The number of hydrogen-bond donors (Lipinski definition) is 1. The minimum absolute atomic E-state index is 0.0606. The van der Waals surface area contributed by atoms with E-state index in [0.29, 0.717) is 32.0 Å². The summed E-state index contributed by atoms with van der Waals surface area (Å²) in [6, 6.07) is 11.7. The highest BCUT2D eigenvalue weighted by molar-refractivity contribution is 7.07. The van der Waals surface area contributed by atoms with Gasteiger partial charge in [0.25, 0.3) is 5.56 Å². The maximum atomic E-state index is 13.5. The lowest BCUT2D eigenvalue weighted by molar-refractivity contribution is -0.158. The molecule has 0 radical (unpaired) electrons. The summed E-state index contributed by atoms with van der Waals surface area (Å²) in [5.41, 5.74) is -0.379. The van der Waals surface area contributed by atoms with Crippen LogP contribution in [0.4, 0.5) is 0 Å². The third-order valence-electron chi connectivity index (χ3n) is 5.87. The Balaban J connectivity index is 1.79. The number of fused-ring (bicyclic) bond motifs is 6. The lowest BCUT2D eigenvalue weighted by atomic mass is 9.81. The van der Waals surface area contributed by atoms with E-state index < -0.39 is 23.7 Å². The van der Waals surface area contributed by atoms with Crippen molar-refractivity contribution < 1.29 is 24.1 Å². The van der Waals surface area contributed by atoms with Crippen LogP contribution in [0.15, 0.2) is 52.3 Å². The van der Waals surface area contributed by atoms with Crippen LogP contribution >= 0.6 is 11.3 Å². The highest BCUT2D eigenvalue weighted by atomic mass is 32.1. The van der Waals surface area contributed by atoms with E-state index in [1.54, 1.807) is 37.3 Å². The van der Waals surface area contributed by atoms with Crippen molar-refractivity contribution in [2.45, 2.75) is 18.7 Å². The van der Waals surface area contributed by atoms with Crippen LogP contribution in [0, 0.1) is 5.92 Å². The topological polar surface area (TPSA) is 99.4 Å². The van der Waals surface area contributed by atoms with Crippen LogP contribution in [-0.2, 0) is 9.53 Å². The molecule has 1 aromatic heterocycles. The summed E-state index contributed by atoms with van der Waals surface area (Å²) in [6.45, 7) is 1.72. The normalized spacial score (nSPS) is 23.4. The van der Waals surface area contributed by atoms with Crippen molar-refractivity contribution >= 4 is 23.4 Å². The van der Waals surface area contributed by atoms with Crippen molar-refractivity contribution in [3.63, 3.8) is 0 Å². The fraction of sp³-hybridized carbons (Fsp3) is 0.261. The van der Waals surface area contributed by atoms with Crippen LogP contribution in [0.25, 0.3) is 6.08 Å². The van der Waals surface area contributed by atoms with E-state index in [1.165, 1.54) is 30.1 Å². The molecule has 2 aromatic carbocycles. The van der Waals surface area contributed by atoms with Crippen LogP contribution in [0.1, 0.15) is 24.1 Å². The minimum atomic E-state index is -1.22. The zero-order valence-electron chi connectivity index (χ0n) is 17.6. The summed E-state index contributed by atoms with van der Waals surface area (Å²) >= 11 is 1.17. The second kappa shape index (κ2) is 7.23. The van der Waals surface area contributed by atoms with E-state index in [1.807, 2.05) is 18.2 Å². The Morgan fingerprint density at radius 1 is 1.25 bits per heavy atom. The van der Waals surface area contributed by atoms with E-state index in [0.717, 1.165) is 0 Å².